The van der Waals surface area contributed by atoms with Gasteiger partial charge in [-0.3, -0.25) is 14.2 Å². The highest BCUT2D eigenvalue weighted by molar-refractivity contribution is 7.45. The van der Waals surface area contributed by atoms with Gasteiger partial charge >= 0.3 is 11.9 Å². The number of carbonyl (C=O) groups is 2. The molecule has 0 aromatic rings. The summed E-state index contributed by atoms with van der Waals surface area (Å²) in [4.78, 5) is 38.3. The number of esters is 2. The zero-order valence-corrected chi connectivity index (χ0v) is 71.3. The molecule has 0 aliphatic heterocycles. The number of phosphoric ester groups is 1. The molecule has 9 nitrogen and oxygen atoms in total. The molecule has 10 heteroatoms. The third kappa shape index (κ3) is 89.3. The Morgan fingerprint density at radius 2 is 0.538 bits per heavy atom. The highest BCUT2D eigenvalue weighted by Crippen LogP contribution is 2.38. The van der Waals surface area contributed by atoms with Crippen LogP contribution in [0.2, 0.25) is 0 Å². The van der Waals surface area contributed by atoms with Crippen LogP contribution in [0.3, 0.4) is 0 Å². The van der Waals surface area contributed by atoms with Gasteiger partial charge in [-0.25, -0.2) is 0 Å². The van der Waals surface area contributed by atoms with Gasteiger partial charge in [0.2, 0.25) is 0 Å². The summed E-state index contributed by atoms with van der Waals surface area (Å²) in [6.45, 7) is 4.18. The van der Waals surface area contributed by atoms with Crippen molar-refractivity contribution in [2.45, 2.75) is 431 Å². The van der Waals surface area contributed by atoms with Crippen LogP contribution >= 0.6 is 7.82 Å². The van der Waals surface area contributed by atoms with Gasteiger partial charge in [0.25, 0.3) is 7.82 Å². The fraction of sp³-hybridized carbons (Fsp3) is 0.771. The van der Waals surface area contributed by atoms with Gasteiger partial charge in [0, 0.05) is 12.8 Å². The van der Waals surface area contributed by atoms with E-state index in [4.69, 9.17) is 18.5 Å². The van der Waals surface area contributed by atoms with Crippen LogP contribution < -0.4 is 4.89 Å². The Balaban J connectivity index is 3.91. The first-order valence-electron chi connectivity index (χ1n) is 45.2. The van der Waals surface area contributed by atoms with Gasteiger partial charge < -0.3 is 27.9 Å². The second-order valence-electron chi connectivity index (χ2n) is 31.6. The molecule has 0 amide bonds. The molecular formula is C96H172NO8P. The van der Waals surface area contributed by atoms with Crippen molar-refractivity contribution in [3.8, 4) is 0 Å². The van der Waals surface area contributed by atoms with Crippen molar-refractivity contribution in [2.24, 2.45) is 0 Å². The number of quaternary nitrogens is 1. The average Bonchev–Trinajstić information content (AvgIpc) is 0.908. The number of phosphoric acid groups is 1. The van der Waals surface area contributed by atoms with E-state index in [0.717, 1.165) is 96.3 Å². The Morgan fingerprint density at radius 1 is 0.302 bits per heavy atom. The minimum absolute atomic E-state index is 0.0329. The summed E-state index contributed by atoms with van der Waals surface area (Å²) >= 11 is 0. The zero-order chi connectivity index (χ0) is 76.8. The molecule has 0 fully saturated rings. The Bertz CT molecular complexity index is 2210. The molecule has 0 saturated heterocycles. The molecule has 0 saturated carbocycles. The molecule has 0 aliphatic rings. The number of carbonyl (C=O) groups excluding carboxylic acids is 2. The minimum atomic E-state index is -4.65. The molecule has 0 spiro atoms. The van der Waals surface area contributed by atoms with E-state index in [0.29, 0.717) is 17.4 Å². The largest absolute Gasteiger partial charge is 0.756 e. The van der Waals surface area contributed by atoms with Crippen LogP contribution in [0, 0.1) is 0 Å². The molecule has 0 aromatic carbocycles. The quantitative estimate of drug-likeness (QED) is 0.0195. The van der Waals surface area contributed by atoms with Gasteiger partial charge in [0.15, 0.2) is 6.10 Å². The summed E-state index contributed by atoms with van der Waals surface area (Å²) in [5.74, 6) is -0.820. The molecule has 0 aliphatic carbocycles. The first-order valence-corrected chi connectivity index (χ1v) is 46.7. The maximum Gasteiger partial charge on any atom is 0.306 e. The number of ether oxygens (including phenoxy) is 2. The van der Waals surface area contributed by atoms with E-state index < -0.39 is 26.5 Å². The molecule has 0 heterocycles. The number of nitrogens with zero attached hydrogens (tertiary/aromatic N) is 1. The van der Waals surface area contributed by atoms with Crippen molar-refractivity contribution in [1.82, 2.24) is 0 Å². The van der Waals surface area contributed by atoms with Crippen molar-refractivity contribution < 1.29 is 42.1 Å². The molecule has 2 unspecified atom stereocenters. The van der Waals surface area contributed by atoms with E-state index in [1.807, 2.05) is 21.1 Å². The third-order valence-electron chi connectivity index (χ3n) is 20.0. The molecule has 0 rings (SSSR count). The fourth-order valence-electron chi connectivity index (χ4n) is 13.1. The predicted octanol–water partition coefficient (Wildman–Crippen LogP) is 30.2. The van der Waals surface area contributed by atoms with E-state index in [1.165, 1.54) is 295 Å². The Morgan fingerprint density at radius 3 is 0.811 bits per heavy atom. The Hall–Kier alpha value is -3.59. The maximum atomic E-state index is 12.9. The molecule has 0 N–H and O–H groups in total. The molecule has 106 heavy (non-hydrogen) atoms. The second-order valence-corrected chi connectivity index (χ2v) is 33.0. The molecular weight excluding hydrogens is 1330 g/mol. The summed E-state index contributed by atoms with van der Waals surface area (Å²) in [5, 5.41) is 0. The predicted molar refractivity (Wildman–Crippen MR) is 461 cm³/mol. The first-order chi connectivity index (χ1) is 52.0. The highest BCUT2D eigenvalue weighted by Gasteiger charge is 2.22. The normalized spacial score (nSPS) is 13.5. The van der Waals surface area contributed by atoms with Crippen molar-refractivity contribution >= 4 is 19.8 Å². The summed E-state index contributed by atoms with van der Waals surface area (Å²) in [6, 6.07) is 0. The van der Waals surface area contributed by atoms with Gasteiger partial charge in [-0.2, -0.15) is 0 Å². The van der Waals surface area contributed by atoms with Crippen molar-refractivity contribution in [1.29, 1.82) is 0 Å². The number of likely N-dealkylation sites (N-methyl/N-ethyl adjacent to an activating group) is 1. The number of unbranched alkanes of at least 4 members (excludes halogenated alkanes) is 50. The van der Waals surface area contributed by atoms with E-state index >= 15 is 0 Å². The standard InChI is InChI=1S/C96H172NO8P/c1-6-8-10-12-14-16-18-20-22-24-26-28-30-32-34-36-38-40-42-44-46-48-50-52-54-56-58-60-62-64-66-68-70-72-74-76-78-80-82-84-86-88-95(98)102-92-94(93-104-106(100,101)103-91-90-97(3,4)5)105-96(99)89-87-85-83-81-79-77-75-73-71-69-67-65-63-61-59-57-55-53-51-49-47-45-43-41-39-37-35-33-31-29-27-25-23-21-19-17-15-13-11-9-7-2/h9,11,15,17,21,23-24,26-27,29,33,35,39,41,45,47,51,53,57,59,94H,6-8,10,12-14,16,18-20,22,25,28,30-32,34,36-38,40,42-44,46,48-50,52,54-56,58,60-93H2,1-5H3/b11-9-,17-15-,23-21-,26-24-,29-27-,35-33-,41-39-,47-45-,53-51-,59-57-. The van der Waals surface area contributed by atoms with Crippen LogP contribution in [0.1, 0.15) is 425 Å². The lowest BCUT2D eigenvalue weighted by atomic mass is 10.0. The van der Waals surface area contributed by atoms with Crippen LogP contribution in [0.5, 0.6) is 0 Å². The van der Waals surface area contributed by atoms with Gasteiger partial charge in [-0.1, -0.05) is 424 Å². The minimum Gasteiger partial charge on any atom is -0.756 e. The van der Waals surface area contributed by atoms with Crippen molar-refractivity contribution in [3.63, 3.8) is 0 Å². The van der Waals surface area contributed by atoms with Gasteiger partial charge in [-0.05, 0) is 109 Å². The van der Waals surface area contributed by atoms with Gasteiger partial charge in [0.05, 0.1) is 27.7 Å². The maximum absolute atomic E-state index is 12.9. The summed E-state index contributed by atoms with van der Waals surface area (Å²) < 4.78 is 34.5. The van der Waals surface area contributed by atoms with E-state index in [1.54, 1.807) is 0 Å². The van der Waals surface area contributed by atoms with Crippen LogP contribution in [0.15, 0.2) is 122 Å². The first kappa shape index (κ1) is 102. The average molecular weight is 1500 g/mol. The summed E-state index contributed by atoms with van der Waals surface area (Å²) in [5.41, 5.74) is 0. The van der Waals surface area contributed by atoms with Gasteiger partial charge in [0.1, 0.15) is 19.8 Å². The van der Waals surface area contributed by atoms with Crippen molar-refractivity contribution in [2.75, 3.05) is 47.5 Å². The Kier molecular flexibility index (Phi) is 82.5. The Labute approximate surface area is 658 Å². The molecule has 0 aromatic heterocycles. The molecule has 614 valence electrons. The molecule has 2 atom stereocenters. The summed E-state index contributed by atoms with van der Waals surface area (Å²) in [7, 11) is 1.17. The SMILES string of the molecule is CC/C=C\C/C=C\C/C=C\C/C=C\C/C=C\C/C=C\C/C=C\C/C=C\C/C=C\CCCCCCCCCCCCCCCC(=O)OC(COC(=O)CCCCCCCCCCCCCCCCCCCCCCCCCCCCCCC/C=C\CCCCCCCCCC)COP(=O)([O-])OCC[N+](C)(C)C. The van der Waals surface area contributed by atoms with E-state index in [9.17, 15) is 19.0 Å². The van der Waals surface area contributed by atoms with Crippen LogP contribution in [0.25, 0.3) is 0 Å². The van der Waals surface area contributed by atoms with E-state index in [2.05, 4.69) is 135 Å². The lowest BCUT2D eigenvalue weighted by Crippen LogP contribution is -2.37. The third-order valence-corrected chi connectivity index (χ3v) is 20.9. The lowest BCUT2D eigenvalue weighted by molar-refractivity contribution is -0.870. The number of rotatable bonds is 84. The van der Waals surface area contributed by atoms with E-state index in [-0.39, 0.29) is 32.0 Å². The van der Waals surface area contributed by atoms with Crippen LogP contribution in [-0.2, 0) is 32.7 Å². The fourth-order valence-corrected chi connectivity index (χ4v) is 13.9. The number of hydrogen-bond acceptors (Lipinski definition) is 8. The van der Waals surface area contributed by atoms with Crippen LogP contribution in [0.4, 0.5) is 0 Å². The molecule has 0 bridgehead atoms. The topological polar surface area (TPSA) is 111 Å². The summed E-state index contributed by atoms with van der Waals surface area (Å²) in [6.07, 6.45) is 124. The smallest absolute Gasteiger partial charge is 0.306 e. The van der Waals surface area contributed by atoms with Gasteiger partial charge in [-0.15, -0.1) is 0 Å². The van der Waals surface area contributed by atoms with Crippen LogP contribution in [-0.4, -0.2) is 70.0 Å². The van der Waals surface area contributed by atoms with Crippen molar-refractivity contribution in [3.05, 3.63) is 122 Å². The zero-order valence-electron chi connectivity index (χ0n) is 70.4. The lowest BCUT2D eigenvalue weighted by Gasteiger charge is -2.28. The second kappa shape index (κ2) is 85.4. The molecule has 0 radical (unpaired) electrons. The highest BCUT2D eigenvalue weighted by atomic mass is 31.2. The monoisotopic (exact) mass is 1500 g/mol. The number of hydrogen-bond donors (Lipinski definition) is 0. The number of allylic oxidation sites excluding steroid dienone is 20.